The summed E-state index contributed by atoms with van der Waals surface area (Å²) in [6.45, 7) is 1.94. The molecule has 0 spiro atoms. The van der Waals surface area contributed by atoms with E-state index in [-0.39, 0.29) is 11.5 Å². The summed E-state index contributed by atoms with van der Waals surface area (Å²) in [6.07, 6.45) is -0.610. The van der Waals surface area contributed by atoms with E-state index in [1.54, 1.807) is 48.5 Å². The zero-order chi connectivity index (χ0) is 14.0. The maximum absolute atomic E-state index is 9.37. The molecule has 2 aromatic rings. The molecule has 0 aromatic heterocycles. The van der Waals surface area contributed by atoms with Crippen LogP contribution in [-0.4, -0.2) is 16.4 Å². The van der Waals surface area contributed by atoms with Gasteiger partial charge in [0.1, 0.15) is 11.5 Å². The number of nitrogens with two attached hydrogens (primary N) is 2. The molecule has 0 amide bonds. The molecule has 0 heterocycles. The van der Waals surface area contributed by atoms with E-state index in [2.05, 4.69) is 0 Å². The summed E-state index contributed by atoms with van der Waals surface area (Å²) in [5.74, 6) is 0.393. The van der Waals surface area contributed by atoms with E-state index in [1.807, 2.05) is 6.92 Å². The first-order chi connectivity index (χ1) is 8.94. The predicted molar refractivity (Wildman–Crippen MR) is 74.8 cm³/mol. The van der Waals surface area contributed by atoms with E-state index < -0.39 is 11.6 Å². The number of aromatic hydroxyl groups is 2. The van der Waals surface area contributed by atoms with Crippen molar-refractivity contribution in [2.24, 2.45) is 11.5 Å². The van der Waals surface area contributed by atoms with Crippen LogP contribution >= 0.6 is 0 Å². The monoisotopic (exact) mass is 258 g/mol. The Hall–Kier alpha value is -2.04. The topological polar surface area (TPSA) is 92.5 Å². The van der Waals surface area contributed by atoms with Crippen molar-refractivity contribution >= 4 is 0 Å². The van der Waals surface area contributed by atoms with Crippen molar-refractivity contribution in [3.05, 3.63) is 59.7 Å². The van der Waals surface area contributed by atoms with Crippen LogP contribution in [0.3, 0.4) is 0 Å². The molecule has 2 aromatic carbocycles. The fourth-order valence-corrected chi connectivity index (χ4v) is 2.17. The lowest BCUT2D eigenvalue weighted by Gasteiger charge is -2.34. The minimum absolute atomic E-state index is 0.197. The highest BCUT2D eigenvalue weighted by atomic mass is 16.3. The van der Waals surface area contributed by atoms with Crippen LogP contribution in [-0.2, 0) is 5.41 Å². The summed E-state index contributed by atoms with van der Waals surface area (Å²) in [4.78, 5) is 0. The average molecular weight is 258 g/mol. The van der Waals surface area contributed by atoms with E-state index in [0.717, 1.165) is 11.1 Å². The van der Waals surface area contributed by atoms with Crippen molar-refractivity contribution in [1.82, 2.24) is 0 Å². The second-order valence-corrected chi connectivity index (χ2v) is 4.82. The number of rotatable bonds is 3. The highest BCUT2D eigenvalue weighted by molar-refractivity contribution is 5.43. The van der Waals surface area contributed by atoms with Gasteiger partial charge in [-0.05, 0) is 42.3 Å². The molecule has 0 aliphatic heterocycles. The third kappa shape index (κ3) is 2.41. The van der Waals surface area contributed by atoms with Crippen LogP contribution in [0.5, 0.6) is 11.5 Å². The van der Waals surface area contributed by atoms with Gasteiger partial charge in [0.25, 0.3) is 0 Å². The smallest absolute Gasteiger partial charge is 0.115 e. The molecule has 0 aliphatic carbocycles. The minimum atomic E-state index is -0.610. The molecule has 4 nitrogen and oxygen atoms in total. The second-order valence-electron chi connectivity index (χ2n) is 4.82. The second kappa shape index (κ2) is 4.91. The quantitative estimate of drug-likeness (QED) is 0.630. The van der Waals surface area contributed by atoms with E-state index in [9.17, 15) is 10.2 Å². The number of hydrogen-bond acceptors (Lipinski definition) is 4. The first-order valence-electron chi connectivity index (χ1n) is 6.05. The predicted octanol–water partition coefficient (Wildman–Crippen LogP) is 1.65. The Bertz CT molecular complexity index is 502. The number of hydrogen-bond donors (Lipinski definition) is 4. The number of phenols is 2. The van der Waals surface area contributed by atoms with E-state index >= 15 is 0 Å². The third-order valence-corrected chi connectivity index (χ3v) is 3.60. The van der Waals surface area contributed by atoms with Gasteiger partial charge in [0.15, 0.2) is 0 Å². The highest BCUT2D eigenvalue weighted by Crippen LogP contribution is 2.34. The van der Waals surface area contributed by atoms with Gasteiger partial charge in [-0.3, -0.25) is 0 Å². The van der Waals surface area contributed by atoms with Crippen molar-refractivity contribution in [2.75, 3.05) is 0 Å². The Morgan fingerprint density at radius 3 is 1.37 bits per heavy atom. The Morgan fingerprint density at radius 2 is 1.11 bits per heavy atom. The van der Waals surface area contributed by atoms with Crippen molar-refractivity contribution in [3.63, 3.8) is 0 Å². The van der Waals surface area contributed by atoms with Gasteiger partial charge in [0.05, 0.1) is 6.17 Å². The Balaban J connectivity index is 2.54. The van der Waals surface area contributed by atoms with Gasteiger partial charge in [-0.25, -0.2) is 0 Å². The summed E-state index contributed by atoms with van der Waals surface area (Å²) in [7, 11) is 0. The first kappa shape index (κ1) is 13.4. The molecule has 100 valence electrons. The zero-order valence-electron chi connectivity index (χ0n) is 10.7. The fraction of sp³-hybridized carbons (Fsp3) is 0.200. The van der Waals surface area contributed by atoms with Crippen molar-refractivity contribution in [3.8, 4) is 11.5 Å². The van der Waals surface area contributed by atoms with Crippen LogP contribution in [0.2, 0.25) is 0 Å². The van der Waals surface area contributed by atoms with Crippen LogP contribution < -0.4 is 11.5 Å². The Morgan fingerprint density at radius 1 is 0.789 bits per heavy atom. The molecule has 0 fully saturated rings. The molecule has 0 bridgehead atoms. The van der Waals surface area contributed by atoms with Crippen molar-refractivity contribution in [1.29, 1.82) is 0 Å². The van der Waals surface area contributed by atoms with E-state index in [1.165, 1.54) is 0 Å². The van der Waals surface area contributed by atoms with Crippen LogP contribution in [0.25, 0.3) is 0 Å². The largest absolute Gasteiger partial charge is 0.508 e. The molecule has 0 unspecified atom stereocenters. The van der Waals surface area contributed by atoms with Crippen LogP contribution in [0.15, 0.2) is 48.5 Å². The summed E-state index contributed by atoms with van der Waals surface area (Å²) < 4.78 is 0. The first-order valence-corrected chi connectivity index (χ1v) is 6.05. The standard InChI is InChI=1S/C15H18N2O2/c1-15(14(16)17,10-2-6-12(18)7-3-10)11-4-8-13(19)9-5-11/h2-9,14,18-19H,16-17H2,1H3. The van der Waals surface area contributed by atoms with Gasteiger partial charge in [0.2, 0.25) is 0 Å². The zero-order valence-corrected chi connectivity index (χ0v) is 10.7. The molecular weight excluding hydrogens is 240 g/mol. The van der Waals surface area contributed by atoms with Gasteiger partial charge in [-0.15, -0.1) is 0 Å². The number of benzene rings is 2. The molecule has 0 aliphatic rings. The average Bonchev–Trinajstić information content (AvgIpc) is 2.39. The minimum Gasteiger partial charge on any atom is -0.508 e. The highest BCUT2D eigenvalue weighted by Gasteiger charge is 2.33. The summed E-state index contributed by atoms with van der Waals surface area (Å²) in [6, 6.07) is 13.6. The van der Waals surface area contributed by atoms with Crippen molar-refractivity contribution < 1.29 is 10.2 Å². The molecule has 2 rings (SSSR count). The van der Waals surface area contributed by atoms with Crippen LogP contribution in [0, 0.1) is 0 Å². The Kier molecular flexibility index (Phi) is 3.46. The molecular formula is C15H18N2O2. The molecule has 4 heteroatoms. The maximum Gasteiger partial charge on any atom is 0.115 e. The van der Waals surface area contributed by atoms with Crippen LogP contribution in [0.4, 0.5) is 0 Å². The van der Waals surface area contributed by atoms with Crippen molar-refractivity contribution in [2.45, 2.75) is 18.5 Å². The lowest BCUT2D eigenvalue weighted by atomic mass is 9.74. The summed E-state index contributed by atoms with van der Waals surface area (Å²) >= 11 is 0. The normalized spacial score (nSPS) is 11.8. The summed E-state index contributed by atoms with van der Waals surface area (Å²) in [5, 5.41) is 18.7. The molecule has 0 atom stereocenters. The molecule has 6 N–H and O–H groups in total. The summed E-state index contributed by atoms with van der Waals surface area (Å²) in [5.41, 5.74) is 13.1. The lowest BCUT2D eigenvalue weighted by Crippen LogP contribution is -2.50. The van der Waals surface area contributed by atoms with Gasteiger partial charge in [-0.1, -0.05) is 24.3 Å². The SMILES string of the molecule is CC(c1ccc(O)cc1)(c1ccc(O)cc1)C(N)N. The van der Waals surface area contributed by atoms with E-state index in [4.69, 9.17) is 11.5 Å². The van der Waals surface area contributed by atoms with Gasteiger partial charge in [0, 0.05) is 5.41 Å². The van der Waals surface area contributed by atoms with E-state index in [0.29, 0.717) is 0 Å². The Labute approximate surface area is 112 Å². The van der Waals surface area contributed by atoms with Gasteiger partial charge >= 0.3 is 0 Å². The molecule has 0 saturated carbocycles. The van der Waals surface area contributed by atoms with Crippen LogP contribution in [0.1, 0.15) is 18.1 Å². The maximum atomic E-state index is 9.37. The fourth-order valence-electron chi connectivity index (χ4n) is 2.17. The number of phenolic OH excluding ortho intramolecular Hbond substituents is 2. The molecule has 0 saturated heterocycles. The van der Waals surface area contributed by atoms with Gasteiger partial charge in [-0.2, -0.15) is 0 Å². The molecule has 19 heavy (non-hydrogen) atoms. The lowest BCUT2D eigenvalue weighted by molar-refractivity contribution is 0.446. The van der Waals surface area contributed by atoms with Gasteiger partial charge < -0.3 is 21.7 Å². The third-order valence-electron chi connectivity index (χ3n) is 3.60. The molecule has 0 radical (unpaired) electrons.